The molecule has 5 aliphatic rings. The van der Waals surface area contributed by atoms with Crippen LogP contribution in [-0.2, 0) is 26.7 Å². The van der Waals surface area contributed by atoms with Crippen LogP contribution in [0.5, 0.6) is 0 Å². The molecule has 2 saturated heterocycles. The number of rotatable bonds is 7. The SMILES string of the molecule is CCC1(CS(=O)(=O)N2CCC3(CCc4ccccc43)CC2)C(N2C(=O)NC(CC3CNc4ccccc43)C2=O)CC(C)C1(C)C. The zero-order chi connectivity index (χ0) is 31.8. The molecule has 3 heterocycles. The molecule has 1 spiro atoms. The Labute approximate surface area is 268 Å². The van der Waals surface area contributed by atoms with Crippen molar-refractivity contribution in [1.29, 1.82) is 0 Å². The fourth-order valence-corrected chi connectivity index (χ4v) is 12.3. The van der Waals surface area contributed by atoms with Crippen molar-refractivity contribution in [2.45, 2.75) is 96.1 Å². The van der Waals surface area contributed by atoms with E-state index in [-0.39, 0.29) is 34.9 Å². The lowest BCUT2D eigenvalue weighted by Crippen LogP contribution is -2.57. The molecule has 5 unspecified atom stereocenters. The van der Waals surface area contributed by atoms with Crippen LogP contribution in [0.3, 0.4) is 0 Å². The molecule has 1 saturated carbocycles. The Morgan fingerprint density at radius 1 is 0.978 bits per heavy atom. The van der Waals surface area contributed by atoms with Gasteiger partial charge in [0.15, 0.2) is 0 Å². The van der Waals surface area contributed by atoms with Gasteiger partial charge in [0.2, 0.25) is 10.0 Å². The van der Waals surface area contributed by atoms with Gasteiger partial charge in [-0.25, -0.2) is 17.5 Å². The highest BCUT2D eigenvalue weighted by Gasteiger charge is 2.64. The molecule has 2 aromatic rings. The van der Waals surface area contributed by atoms with Crippen LogP contribution in [0.25, 0.3) is 0 Å². The summed E-state index contributed by atoms with van der Waals surface area (Å²) < 4.78 is 30.5. The summed E-state index contributed by atoms with van der Waals surface area (Å²) >= 11 is 0. The van der Waals surface area contributed by atoms with Crippen molar-refractivity contribution in [2.24, 2.45) is 16.7 Å². The van der Waals surface area contributed by atoms with Crippen molar-refractivity contribution in [2.75, 3.05) is 30.7 Å². The van der Waals surface area contributed by atoms with E-state index in [0.29, 0.717) is 32.4 Å². The second-order valence-corrected chi connectivity index (χ2v) is 17.1. The number of fused-ring (bicyclic) bond motifs is 3. The first-order chi connectivity index (χ1) is 21.4. The summed E-state index contributed by atoms with van der Waals surface area (Å²) in [6.45, 7) is 10.2. The van der Waals surface area contributed by atoms with Crippen LogP contribution < -0.4 is 10.6 Å². The highest BCUT2D eigenvalue weighted by atomic mass is 32.2. The number of imide groups is 1. The first-order valence-electron chi connectivity index (χ1n) is 16.9. The maximum absolute atomic E-state index is 14.4. The molecule has 2 N–H and O–H groups in total. The quantitative estimate of drug-likeness (QED) is 0.385. The van der Waals surface area contributed by atoms with Gasteiger partial charge in [-0.15, -0.1) is 0 Å². The highest BCUT2D eigenvalue weighted by Crippen LogP contribution is 2.60. The molecule has 0 bridgehead atoms. The van der Waals surface area contributed by atoms with Gasteiger partial charge in [0.05, 0.1) is 5.75 Å². The molecular weight excluding hydrogens is 584 g/mol. The number of aryl methyl sites for hydroxylation is 1. The van der Waals surface area contributed by atoms with Gasteiger partial charge in [-0.3, -0.25) is 9.69 Å². The number of nitrogens with zero attached hydrogens (tertiary/aromatic N) is 2. The molecule has 45 heavy (non-hydrogen) atoms. The predicted octanol–water partition coefficient (Wildman–Crippen LogP) is 5.65. The van der Waals surface area contributed by atoms with Crippen molar-refractivity contribution in [1.82, 2.24) is 14.5 Å². The molecule has 5 atom stereocenters. The fourth-order valence-electron chi connectivity index (χ4n) is 9.95. The van der Waals surface area contributed by atoms with E-state index in [0.717, 1.165) is 37.9 Å². The summed E-state index contributed by atoms with van der Waals surface area (Å²) in [5.74, 6) is 0.000954. The zero-order valence-corrected chi connectivity index (χ0v) is 28.0. The minimum absolute atomic E-state index is 0.0518. The number of nitrogens with one attached hydrogen (secondary N) is 2. The van der Waals surface area contributed by atoms with Crippen LogP contribution in [0.2, 0.25) is 0 Å². The van der Waals surface area contributed by atoms with E-state index in [1.807, 2.05) is 25.1 Å². The van der Waals surface area contributed by atoms with Crippen LogP contribution >= 0.6 is 0 Å². The third kappa shape index (κ3) is 4.66. The number of anilines is 1. The Morgan fingerprint density at radius 3 is 2.44 bits per heavy atom. The first-order valence-corrected chi connectivity index (χ1v) is 18.6. The molecule has 2 aliphatic carbocycles. The van der Waals surface area contributed by atoms with E-state index >= 15 is 0 Å². The number of carbonyl (C=O) groups is 2. The van der Waals surface area contributed by atoms with Gasteiger partial charge >= 0.3 is 6.03 Å². The molecule has 0 aromatic heterocycles. The topological polar surface area (TPSA) is 98.8 Å². The standard InChI is InChI=1S/C36H48N4O4S/c1-5-36(23-45(43,44)39-18-16-35(17-19-39)15-14-25-10-6-8-12-28(25)35)31(20-24(2)34(36,3)4)40-32(41)30(38-33(40)42)21-26-22-37-29-13-9-7-11-27(26)29/h6-13,24,26,30-31,37H,5,14-23H2,1-4H3,(H,38,42). The van der Waals surface area contributed by atoms with Crippen LogP contribution in [0, 0.1) is 16.7 Å². The number of sulfonamides is 1. The number of para-hydroxylation sites is 1. The number of piperidine rings is 1. The molecule has 7 rings (SSSR count). The van der Waals surface area contributed by atoms with Crippen molar-refractivity contribution >= 4 is 27.6 Å². The molecular formula is C36H48N4O4S. The Bertz CT molecular complexity index is 1610. The lowest BCUT2D eigenvalue weighted by molar-refractivity contribution is -0.131. The molecule has 3 fully saturated rings. The van der Waals surface area contributed by atoms with Crippen molar-refractivity contribution in [3.8, 4) is 0 Å². The summed E-state index contributed by atoms with van der Waals surface area (Å²) in [6, 6.07) is 15.3. The molecule has 3 aliphatic heterocycles. The molecule has 2 aromatic carbocycles. The summed E-state index contributed by atoms with van der Waals surface area (Å²) in [7, 11) is -3.66. The lowest BCUT2D eigenvalue weighted by Gasteiger charge is -2.49. The molecule has 242 valence electrons. The van der Waals surface area contributed by atoms with E-state index in [9.17, 15) is 18.0 Å². The summed E-state index contributed by atoms with van der Waals surface area (Å²) in [6.07, 6.45) is 5.51. The second kappa shape index (κ2) is 10.8. The molecule has 0 radical (unpaired) electrons. The third-order valence-electron chi connectivity index (χ3n) is 13.2. The average molecular weight is 633 g/mol. The highest BCUT2D eigenvalue weighted by molar-refractivity contribution is 7.89. The third-order valence-corrected chi connectivity index (χ3v) is 15.2. The number of benzene rings is 2. The van der Waals surface area contributed by atoms with Crippen LogP contribution in [-0.4, -0.2) is 67.0 Å². The zero-order valence-electron chi connectivity index (χ0n) is 27.1. The monoisotopic (exact) mass is 632 g/mol. The minimum atomic E-state index is -3.66. The summed E-state index contributed by atoms with van der Waals surface area (Å²) in [5, 5.41) is 6.43. The van der Waals surface area contributed by atoms with Crippen molar-refractivity contribution < 1.29 is 18.0 Å². The second-order valence-electron chi connectivity index (χ2n) is 15.1. The largest absolute Gasteiger partial charge is 0.384 e. The number of hydrogen-bond acceptors (Lipinski definition) is 5. The Kier molecular flexibility index (Phi) is 7.40. The van der Waals surface area contributed by atoms with Crippen molar-refractivity contribution in [3.05, 3.63) is 65.2 Å². The van der Waals surface area contributed by atoms with E-state index in [2.05, 4.69) is 61.7 Å². The Balaban J connectivity index is 1.12. The Hall–Kier alpha value is -2.91. The van der Waals surface area contributed by atoms with Crippen LogP contribution in [0.4, 0.5) is 10.5 Å². The van der Waals surface area contributed by atoms with Crippen LogP contribution in [0.15, 0.2) is 48.5 Å². The van der Waals surface area contributed by atoms with Gasteiger partial charge in [0.1, 0.15) is 6.04 Å². The van der Waals surface area contributed by atoms with E-state index in [1.54, 1.807) is 4.31 Å². The molecule has 9 heteroatoms. The molecule has 3 amide bonds. The van der Waals surface area contributed by atoms with Gasteiger partial charge in [0.25, 0.3) is 5.91 Å². The number of urea groups is 1. The first kappa shape index (κ1) is 30.7. The number of amides is 3. The van der Waals surface area contributed by atoms with Gasteiger partial charge in [-0.1, -0.05) is 70.2 Å². The Morgan fingerprint density at radius 2 is 1.69 bits per heavy atom. The lowest BCUT2D eigenvalue weighted by atomic mass is 9.63. The van der Waals surface area contributed by atoms with E-state index < -0.39 is 32.9 Å². The average Bonchev–Trinajstić information content (AvgIpc) is 3.72. The van der Waals surface area contributed by atoms with Crippen molar-refractivity contribution in [3.63, 3.8) is 0 Å². The maximum Gasteiger partial charge on any atom is 0.325 e. The van der Waals surface area contributed by atoms with Crippen LogP contribution in [0.1, 0.15) is 88.8 Å². The summed E-state index contributed by atoms with van der Waals surface area (Å²) in [5.41, 5.74) is 3.98. The smallest absolute Gasteiger partial charge is 0.325 e. The van der Waals surface area contributed by atoms with Gasteiger partial charge < -0.3 is 10.6 Å². The summed E-state index contributed by atoms with van der Waals surface area (Å²) in [4.78, 5) is 29.2. The maximum atomic E-state index is 14.4. The fraction of sp³-hybridized carbons (Fsp3) is 0.611. The molecule has 8 nitrogen and oxygen atoms in total. The van der Waals surface area contributed by atoms with E-state index in [1.165, 1.54) is 21.6 Å². The number of carbonyl (C=O) groups excluding carboxylic acids is 2. The van der Waals surface area contributed by atoms with Gasteiger partial charge in [0, 0.05) is 42.7 Å². The number of hydrogen-bond donors (Lipinski definition) is 2. The van der Waals surface area contributed by atoms with Gasteiger partial charge in [-0.2, -0.15) is 0 Å². The minimum Gasteiger partial charge on any atom is -0.384 e. The predicted molar refractivity (Wildman–Crippen MR) is 177 cm³/mol. The normalized spacial score (nSPS) is 32.0. The van der Waals surface area contributed by atoms with Gasteiger partial charge in [-0.05, 0) is 84.5 Å². The van der Waals surface area contributed by atoms with E-state index in [4.69, 9.17) is 0 Å².